The Morgan fingerprint density at radius 3 is 2.42 bits per heavy atom. The number of anilines is 2. The second-order valence-corrected chi connectivity index (χ2v) is 10.3. The van der Waals surface area contributed by atoms with E-state index in [1.165, 1.54) is 25.7 Å². The van der Waals surface area contributed by atoms with Gasteiger partial charge >= 0.3 is 0 Å². The zero-order chi connectivity index (χ0) is 23.4. The lowest BCUT2D eigenvalue weighted by atomic mass is 9.92. The molecule has 1 aliphatic carbocycles. The average Bonchev–Trinajstić information content (AvgIpc) is 2.78. The number of carbonyl (C=O) groups is 2. The van der Waals surface area contributed by atoms with Gasteiger partial charge in [0.2, 0.25) is 11.8 Å². The maximum atomic E-state index is 12.4. The first kappa shape index (κ1) is 23.5. The largest absolute Gasteiger partial charge is 0.356 e. The number of rotatable bonds is 6. The number of hydrogen-bond donors (Lipinski definition) is 2. The van der Waals surface area contributed by atoms with Crippen molar-refractivity contribution in [2.45, 2.75) is 78.2 Å². The first-order valence-electron chi connectivity index (χ1n) is 12.6. The highest BCUT2D eigenvalue weighted by Gasteiger charge is 2.23. The van der Waals surface area contributed by atoms with Gasteiger partial charge in [-0.05, 0) is 67.9 Å². The van der Waals surface area contributed by atoms with E-state index in [-0.39, 0.29) is 30.7 Å². The number of amides is 2. The van der Waals surface area contributed by atoms with Crippen molar-refractivity contribution in [3.05, 3.63) is 29.8 Å². The summed E-state index contributed by atoms with van der Waals surface area (Å²) < 4.78 is 0. The van der Waals surface area contributed by atoms with Crippen molar-refractivity contribution in [2.24, 2.45) is 11.8 Å². The number of hydrogen-bond acceptors (Lipinski definition) is 4. The van der Waals surface area contributed by atoms with Crippen LogP contribution < -0.4 is 15.5 Å². The molecular weight excluding hydrogens is 412 g/mol. The number of pyridine rings is 1. The van der Waals surface area contributed by atoms with Gasteiger partial charge in [-0.25, -0.2) is 4.98 Å². The molecule has 178 valence electrons. The second-order valence-electron chi connectivity index (χ2n) is 10.3. The molecule has 1 aliphatic heterocycles. The normalized spacial score (nSPS) is 21.7. The van der Waals surface area contributed by atoms with Crippen molar-refractivity contribution in [3.63, 3.8) is 0 Å². The van der Waals surface area contributed by atoms with Gasteiger partial charge < -0.3 is 15.5 Å². The average molecular weight is 451 g/mol. The summed E-state index contributed by atoms with van der Waals surface area (Å²) in [5.41, 5.74) is 2.85. The number of nitrogens with one attached hydrogen (secondary N) is 2. The summed E-state index contributed by atoms with van der Waals surface area (Å²) in [6.07, 6.45) is 7.42. The molecule has 6 nitrogen and oxygen atoms in total. The maximum absolute atomic E-state index is 12.4. The second kappa shape index (κ2) is 10.5. The van der Waals surface area contributed by atoms with Crippen molar-refractivity contribution < 1.29 is 9.59 Å². The number of piperidine rings is 1. The van der Waals surface area contributed by atoms with Gasteiger partial charge in [0.15, 0.2) is 0 Å². The van der Waals surface area contributed by atoms with Crippen molar-refractivity contribution >= 4 is 34.2 Å². The fourth-order valence-corrected chi connectivity index (χ4v) is 5.46. The van der Waals surface area contributed by atoms with Gasteiger partial charge in [0, 0.05) is 43.0 Å². The minimum absolute atomic E-state index is 0.0236. The minimum atomic E-state index is -0.133. The summed E-state index contributed by atoms with van der Waals surface area (Å²) in [5, 5.41) is 7.07. The summed E-state index contributed by atoms with van der Waals surface area (Å²) in [5.74, 6) is 2.23. The standard InChI is InChI=1S/C27H38N4O2/c1-18-13-19(2)17-31(16-18)25-14-20(3)23-15-22(9-10-24(23)30-25)29-27(33)12-11-26(32)28-21-7-5-4-6-8-21/h9-10,14-15,18-19,21H,4-8,11-13,16-17H2,1-3H3,(H,28,32)(H,29,33)/t18-,19+. The number of nitrogens with zero attached hydrogens (tertiary/aromatic N) is 2. The van der Waals surface area contributed by atoms with Crippen LogP contribution in [0.2, 0.25) is 0 Å². The predicted octanol–water partition coefficient (Wildman–Crippen LogP) is 5.19. The lowest BCUT2D eigenvalue weighted by molar-refractivity contribution is -0.125. The molecule has 1 saturated carbocycles. The molecular formula is C27H38N4O2. The molecule has 6 heteroatoms. The van der Waals surface area contributed by atoms with E-state index < -0.39 is 0 Å². The van der Waals surface area contributed by atoms with Crippen LogP contribution in [-0.4, -0.2) is 35.9 Å². The topological polar surface area (TPSA) is 74.3 Å². The Morgan fingerprint density at radius 1 is 1.00 bits per heavy atom. The maximum Gasteiger partial charge on any atom is 0.224 e. The van der Waals surface area contributed by atoms with Crippen LogP contribution in [0, 0.1) is 18.8 Å². The number of carbonyl (C=O) groups excluding carboxylic acids is 2. The Morgan fingerprint density at radius 2 is 1.70 bits per heavy atom. The van der Waals surface area contributed by atoms with Crippen LogP contribution in [0.15, 0.2) is 24.3 Å². The van der Waals surface area contributed by atoms with E-state index in [2.05, 4.69) is 42.4 Å². The molecule has 1 saturated heterocycles. The molecule has 1 aromatic carbocycles. The molecule has 2 amide bonds. The van der Waals surface area contributed by atoms with E-state index in [9.17, 15) is 9.59 Å². The number of fused-ring (bicyclic) bond motifs is 1. The van der Waals surface area contributed by atoms with Crippen LogP contribution in [-0.2, 0) is 9.59 Å². The van der Waals surface area contributed by atoms with Crippen molar-refractivity contribution in [1.82, 2.24) is 10.3 Å². The molecule has 2 atom stereocenters. The fraction of sp³-hybridized carbons (Fsp3) is 0.593. The molecule has 4 rings (SSSR count). The minimum Gasteiger partial charge on any atom is -0.356 e. The Hall–Kier alpha value is -2.63. The van der Waals surface area contributed by atoms with E-state index in [0.717, 1.165) is 53.9 Å². The Bertz CT molecular complexity index is 989. The molecule has 0 spiro atoms. The van der Waals surface area contributed by atoms with Crippen molar-refractivity contribution in [2.75, 3.05) is 23.3 Å². The van der Waals surface area contributed by atoms with Gasteiger partial charge in [-0.3, -0.25) is 9.59 Å². The molecule has 0 unspecified atom stereocenters. The number of aryl methyl sites for hydroxylation is 1. The van der Waals surface area contributed by atoms with Crippen LogP contribution in [0.25, 0.3) is 10.9 Å². The van der Waals surface area contributed by atoms with Gasteiger partial charge in [-0.15, -0.1) is 0 Å². The van der Waals surface area contributed by atoms with E-state index in [1.807, 2.05) is 18.2 Å². The van der Waals surface area contributed by atoms with Crippen molar-refractivity contribution in [1.29, 1.82) is 0 Å². The summed E-state index contributed by atoms with van der Waals surface area (Å²) in [4.78, 5) is 32.0. The Kier molecular flexibility index (Phi) is 7.51. The molecule has 2 aromatic rings. The van der Waals surface area contributed by atoms with Gasteiger partial charge in [0.25, 0.3) is 0 Å². The van der Waals surface area contributed by atoms with Crippen LogP contribution in [0.5, 0.6) is 0 Å². The smallest absolute Gasteiger partial charge is 0.224 e. The highest BCUT2D eigenvalue weighted by Crippen LogP contribution is 2.29. The van der Waals surface area contributed by atoms with E-state index in [0.29, 0.717) is 11.8 Å². The Labute approximate surface area is 197 Å². The van der Waals surface area contributed by atoms with Crippen LogP contribution in [0.1, 0.15) is 70.8 Å². The van der Waals surface area contributed by atoms with E-state index in [4.69, 9.17) is 4.98 Å². The van der Waals surface area contributed by atoms with Gasteiger partial charge in [-0.2, -0.15) is 0 Å². The third-order valence-electron chi connectivity index (χ3n) is 7.03. The summed E-state index contributed by atoms with van der Waals surface area (Å²) in [6.45, 7) is 8.82. The third-order valence-corrected chi connectivity index (χ3v) is 7.03. The zero-order valence-corrected chi connectivity index (χ0v) is 20.3. The van der Waals surface area contributed by atoms with E-state index in [1.54, 1.807) is 0 Å². The highest BCUT2D eigenvalue weighted by atomic mass is 16.2. The lowest BCUT2D eigenvalue weighted by Crippen LogP contribution is -2.39. The number of benzene rings is 1. The summed E-state index contributed by atoms with van der Waals surface area (Å²) in [7, 11) is 0. The van der Waals surface area contributed by atoms with Crippen molar-refractivity contribution in [3.8, 4) is 0 Å². The van der Waals surface area contributed by atoms with Crippen LogP contribution >= 0.6 is 0 Å². The summed E-state index contributed by atoms with van der Waals surface area (Å²) >= 11 is 0. The molecule has 0 bridgehead atoms. The molecule has 2 fully saturated rings. The molecule has 2 aliphatic rings. The van der Waals surface area contributed by atoms with Gasteiger partial charge in [-0.1, -0.05) is 33.1 Å². The molecule has 33 heavy (non-hydrogen) atoms. The first-order valence-corrected chi connectivity index (χ1v) is 12.6. The summed E-state index contributed by atoms with van der Waals surface area (Å²) in [6, 6.07) is 8.32. The fourth-order valence-electron chi connectivity index (χ4n) is 5.46. The van der Waals surface area contributed by atoms with Gasteiger partial charge in [0.05, 0.1) is 5.52 Å². The molecule has 1 aromatic heterocycles. The molecule has 0 radical (unpaired) electrons. The Balaban J connectivity index is 1.36. The predicted molar refractivity (Wildman–Crippen MR) is 135 cm³/mol. The van der Waals surface area contributed by atoms with Crippen LogP contribution in [0.4, 0.5) is 11.5 Å². The monoisotopic (exact) mass is 450 g/mol. The quantitative estimate of drug-likeness (QED) is 0.635. The van der Waals surface area contributed by atoms with E-state index >= 15 is 0 Å². The number of aromatic nitrogens is 1. The lowest BCUT2D eigenvalue weighted by Gasteiger charge is -2.36. The van der Waals surface area contributed by atoms with Crippen LogP contribution in [0.3, 0.4) is 0 Å². The first-order chi connectivity index (χ1) is 15.9. The zero-order valence-electron chi connectivity index (χ0n) is 20.3. The third kappa shape index (κ3) is 6.24. The SMILES string of the molecule is Cc1cc(N2C[C@H](C)C[C@H](C)C2)nc2ccc(NC(=O)CCC(=O)NC3CCCCC3)cc12. The highest BCUT2D eigenvalue weighted by molar-refractivity contribution is 5.96. The van der Waals surface area contributed by atoms with Gasteiger partial charge in [0.1, 0.15) is 5.82 Å². The molecule has 2 heterocycles. The molecule has 2 N–H and O–H groups in total.